The van der Waals surface area contributed by atoms with Crippen LogP contribution < -0.4 is 0 Å². The Morgan fingerprint density at radius 3 is 2.07 bits per heavy atom. The molecular formula is C14H25N. The predicted molar refractivity (Wildman–Crippen MR) is 65.9 cm³/mol. The fourth-order valence-electron chi connectivity index (χ4n) is 2.79. The molecule has 1 heteroatoms. The number of rotatable bonds is 3. The average molecular weight is 207 g/mol. The lowest BCUT2D eigenvalue weighted by Crippen LogP contribution is -2.35. The zero-order valence-corrected chi connectivity index (χ0v) is 10.7. The van der Waals surface area contributed by atoms with Gasteiger partial charge in [-0.15, -0.1) is 0 Å². The van der Waals surface area contributed by atoms with Crippen LogP contribution in [0.3, 0.4) is 0 Å². The highest BCUT2D eigenvalue weighted by molar-refractivity contribution is 5.23. The molecule has 0 spiro atoms. The second-order valence-electron chi connectivity index (χ2n) is 5.81. The Kier molecular flexibility index (Phi) is 3.20. The molecule has 1 nitrogen and oxygen atoms in total. The topological polar surface area (TPSA) is 3.24 Å². The van der Waals surface area contributed by atoms with Crippen molar-refractivity contribution in [1.82, 2.24) is 4.90 Å². The normalized spacial score (nSPS) is 24.4. The molecule has 2 aliphatic rings. The van der Waals surface area contributed by atoms with Gasteiger partial charge in [-0.05, 0) is 31.1 Å². The van der Waals surface area contributed by atoms with Gasteiger partial charge in [0.15, 0.2) is 0 Å². The van der Waals surface area contributed by atoms with Crippen molar-refractivity contribution in [1.29, 1.82) is 0 Å². The van der Waals surface area contributed by atoms with E-state index in [1.807, 2.05) is 0 Å². The average Bonchev–Trinajstić information content (AvgIpc) is 2.99. The molecule has 86 valence electrons. The summed E-state index contributed by atoms with van der Waals surface area (Å²) in [5.74, 6) is 1.49. The maximum Gasteiger partial charge on any atom is 0.0201 e. The summed E-state index contributed by atoms with van der Waals surface area (Å²) in [5.41, 5.74) is 3.49. The zero-order chi connectivity index (χ0) is 11.0. The molecule has 0 amide bonds. The molecule has 0 saturated heterocycles. The Balaban J connectivity index is 2.13. The van der Waals surface area contributed by atoms with E-state index in [0.717, 1.165) is 17.9 Å². The summed E-state index contributed by atoms with van der Waals surface area (Å²) in [7, 11) is 0. The fourth-order valence-corrected chi connectivity index (χ4v) is 2.79. The van der Waals surface area contributed by atoms with Crippen molar-refractivity contribution in [3.05, 3.63) is 11.1 Å². The highest BCUT2D eigenvalue weighted by Gasteiger charge is 2.32. The molecule has 1 aliphatic heterocycles. The molecular weight excluding hydrogens is 182 g/mol. The third-order valence-corrected chi connectivity index (χ3v) is 3.91. The summed E-state index contributed by atoms with van der Waals surface area (Å²) in [6.45, 7) is 12.0. The first-order valence-corrected chi connectivity index (χ1v) is 6.55. The van der Waals surface area contributed by atoms with Gasteiger partial charge in [-0.2, -0.15) is 0 Å². The van der Waals surface area contributed by atoms with Gasteiger partial charge in [0.25, 0.3) is 0 Å². The molecule has 0 aromatic rings. The lowest BCUT2D eigenvalue weighted by molar-refractivity contribution is 0.260. The fraction of sp³-hybridized carbons (Fsp3) is 0.857. The lowest BCUT2D eigenvalue weighted by Gasteiger charge is -2.34. The second kappa shape index (κ2) is 4.29. The van der Waals surface area contributed by atoms with Crippen LogP contribution in [-0.2, 0) is 0 Å². The predicted octanol–water partition coefficient (Wildman–Crippen LogP) is 3.46. The Morgan fingerprint density at radius 2 is 1.60 bits per heavy atom. The molecule has 1 aliphatic carbocycles. The molecule has 0 bridgehead atoms. The minimum Gasteiger partial charge on any atom is -0.296 e. The summed E-state index contributed by atoms with van der Waals surface area (Å²) < 4.78 is 0. The monoisotopic (exact) mass is 207 g/mol. The van der Waals surface area contributed by atoms with Crippen LogP contribution in [0.15, 0.2) is 11.1 Å². The zero-order valence-electron chi connectivity index (χ0n) is 10.7. The summed E-state index contributed by atoms with van der Waals surface area (Å²) in [5, 5.41) is 0. The first-order chi connectivity index (χ1) is 7.09. The Morgan fingerprint density at radius 1 is 1.00 bits per heavy atom. The molecule has 1 saturated carbocycles. The smallest absolute Gasteiger partial charge is 0.0201 e. The minimum absolute atomic E-state index is 0.740. The van der Waals surface area contributed by atoms with Crippen LogP contribution in [0.2, 0.25) is 0 Å². The van der Waals surface area contributed by atoms with E-state index in [4.69, 9.17) is 0 Å². The molecule has 0 atom stereocenters. The van der Waals surface area contributed by atoms with E-state index < -0.39 is 0 Å². The van der Waals surface area contributed by atoms with Gasteiger partial charge in [0, 0.05) is 19.1 Å². The number of hydrogen-bond acceptors (Lipinski definition) is 1. The first kappa shape index (κ1) is 11.2. The van der Waals surface area contributed by atoms with Gasteiger partial charge in [-0.1, -0.05) is 38.8 Å². The van der Waals surface area contributed by atoms with Gasteiger partial charge in [-0.25, -0.2) is 0 Å². The van der Waals surface area contributed by atoms with Gasteiger partial charge >= 0.3 is 0 Å². The third kappa shape index (κ3) is 2.44. The van der Waals surface area contributed by atoms with Crippen molar-refractivity contribution >= 4 is 0 Å². The maximum atomic E-state index is 2.71. The van der Waals surface area contributed by atoms with Crippen molar-refractivity contribution in [2.75, 3.05) is 13.1 Å². The maximum absolute atomic E-state index is 2.71. The van der Waals surface area contributed by atoms with E-state index in [1.165, 1.54) is 32.4 Å². The molecule has 0 aromatic heterocycles. The third-order valence-electron chi connectivity index (χ3n) is 3.91. The van der Waals surface area contributed by atoms with Gasteiger partial charge < -0.3 is 0 Å². The largest absolute Gasteiger partial charge is 0.296 e. The number of hydrogen-bond donors (Lipinski definition) is 0. The highest BCUT2D eigenvalue weighted by atomic mass is 15.2. The molecule has 0 radical (unpaired) electrons. The molecule has 1 fully saturated rings. The standard InChI is InChI=1S/C14H25N/c1-10(2)13-7-8-15(12-5-6-12)9-14(13)11(3)4/h10-12H,5-9H2,1-4H3. The van der Waals surface area contributed by atoms with E-state index in [0.29, 0.717) is 0 Å². The van der Waals surface area contributed by atoms with E-state index in [-0.39, 0.29) is 0 Å². The summed E-state index contributed by atoms with van der Waals surface area (Å²) in [4.78, 5) is 2.71. The van der Waals surface area contributed by atoms with Crippen LogP contribution in [0.4, 0.5) is 0 Å². The van der Waals surface area contributed by atoms with Crippen LogP contribution in [0, 0.1) is 11.8 Å². The van der Waals surface area contributed by atoms with Crippen molar-refractivity contribution in [3.63, 3.8) is 0 Å². The van der Waals surface area contributed by atoms with Crippen molar-refractivity contribution in [2.24, 2.45) is 11.8 Å². The van der Waals surface area contributed by atoms with E-state index >= 15 is 0 Å². The Labute approximate surface area is 94.5 Å². The Hall–Kier alpha value is -0.300. The molecule has 0 N–H and O–H groups in total. The van der Waals surface area contributed by atoms with Gasteiger partial charge in [0.1, 0.15) is 0 Å². The molecule has 0 aromatic carbocycles. The molecule has 2 rings (SSSR count). The molecule has 1 heterocycles. The second-order valence-corrected chi connectivity index (χ2v) is 5.81. The molecule has 15 heavy (non-hydrogen) atoms. The summed E-state index contributed by atoms with van der Waals surface area (Å²) >= 11 is 0. The van der Waals surface area contributed by atoms with Crippen LogP contribution in [0.5, 0.6) is 0 Å². The first-order valence-electron chi connectivity index (χ1n) is 6.55. The summed E-state index contributed by atoms with van der Waals surface area (Å²) in [6.07, 6.45) is 4.21. The van der Waals surface area contributed by atoms with E-state index in [9.17, 15) is 0 Å². The van der Waals surface area contributed by atoms with Crippen LogP contribution in [0.25, 0.3) is 0 Å². The van der Waals surface area contributed by atoms with Gasteiger partial charge in [0.05, 0.1) is 0 Å². The molecule has 0 unspecified atom stereocenters. The van der Waals surface area contributed by atoms with Crippen LogP contribution in [-0.4, -0.2) is 24.0 Å². The highest BCUT2D eigenvalue weighted by Crippen LogP contribution is 2.35. The van der Waals surface area contributed by atoms with Crippen molar-refractivity contribution in [2.45, 2.75) is 53.0 Å². The van der Waals surface area contributed by atoms with Gasteiger partial charge in [-0.3, -0.25) is 4.90 Å². The van der Waals surface area contributed by atoms with Crippen LogP contribution >= 0.6 is 0 Å². The minimum atomic E-state index is 0.740. The van der Waals surface area contributed by atoms with E-state index in [2.05, 4.69) is 32.6 Å². The van der Waals surface area contributed by atoms with Gasteiger partial charge in [0.2, 0.25) is 0 Å². The van der Waals surface area contributed by atoms with Crippen molar-refractivity contribution in [3.8, 4) is 0 Å². The van der Waals surface area contributed by atoms with E-state index in [1.54, 1.807) is 11.1 Å². The Bertz CT molecular complexity index is 259. The quantitative estimate of drug-likeness (QED) is 0.641. The van der Waals surface area contributed by atoms with Crippen molar-refractivity contribution < 1.29 is 0 Å². The number of nitrogens with zero attached hydrogens (tertiary/aromatic N) is 1. The lowest BCUT2D eigenvalue weighted by atomic mass is 9.85. The summed E-state index contributed by atoms with van der Waals surface area (Å²) in [6, 6.07) is 0.937. The van der Waals surface area contributed by atoms with Crippen LogP contribution in [0.1, 0.15) is 47.0 Å². The SMILES string of the molecule is CC(C)C1=C(C(C)C)CN(C2CC2)CC1.